The number of allylic oxidation sites excluding steroid dienone is 1. The van der Waals surface area contributed by atoms with Crippen molar-refractivity contribution in [2.24, 2.45) is 0 Å². The summed E-state index contributed by atoms with van der Waals surface area (Å²) in [5.41, 5.74) is 0. The molecule has 0 unspecified atom stereocenters. The van der Waals surface area contributed by atoms with Crippen molar-refractivity contribution < 1.29 is 9.53 Å². The van der Waals surface area contributed by atoms with E-state index in [1.807, 2.05) is 25.1 Å². The van der Waals surface area contributed by atoms with Crippen LogP contribution in [0.25, 0.3) is 0 Å². The Morgan fingerprint density at radius 2 is 2.43 bits per heavy atom. The highest BCUT2D eigenvalue weighted by Gasteiger charge is 2.07. The SMILES string of the molecule is CC=CCOCC(=O)c1ccc(Br)s1. The molecule has 1 heterocycles. The molecule has 0 aliphatic carbocycles. The molecule has 0 aromatic carbocycles. The van der Waals surface area contributed by atoms with Gasteiger partial charge in [0, 0.05) is 0 Å². The minimum atomic E-state index is 0.0326. The molecule has 0 saturated heterocycles. The maximum Gasteiger partial charge on any atom is 0.198 e. The number of carbonyl (C=O) groups is 1. The van der Waals surface area contributed by atoms with Gasteiger partial charge in [-0.05, 0) is 35.0 Å². The van der Waals surface area contributed by atoms with Crippen LogP contribution in [0.4, 0.5) is 0 Å². The van der Waals surface area contributed by atoms with Crippen LogP contribution in [0, 0.1) is 0 Å². The topological polar surface area (TPSA) is 26.3 Å². The Morgan fingerprint density at radius 3 is 3.00 bits per heavy atom. The highest BCUT2D eigenvalue weighted by atomic mass is 79.9. The van der Waals surface area contributed by atoms with Crippen molar-refractivity contribution in [1.82, 2.24) is 0 Å². The Morgan fingerprint density at radius 1 is 1.64 bits per heavy atom. The summed E-state index contributed by atoms with van der Waals surface area (Å²) >= 11 is 4.74. The fourth-order valence-corrected chi connectivity index (χ4v) is 2.16. The fourth-order valence-electron chi connectivity index (χ4n) is 0.851. The van der Waals surface area contributed by atoms with Crippen molar-refractivity contribution in [1.29, 1.82) is 0 Å². The quantitative estimate of drug-likeness (QED) is 0.468. The zero-order valence-electron chi connectivity index (χ0n) is 7.83. The molecule has 0 bridgehead atoms. The molecular weight excluding hydrogens is 264 g/mol. The number of ketones is 1. The Bertz CT molecular complexity index is 331. The average Bonchev–Trinajstić information content (AvgIpc) is 2.59. The van der Waals surface area contributed by atoms with Crippen molar-refractivity contribution >= 4 is 33.0 Å². The molecule has 14 heavy (non-hydrogen) atoms. The number of carbonyl (C=O) groups excluding carboxylic acids is 1. The predicted molar refractivity (Wildman–Crippen MR) is 62.0 cm³/mol. The van der Waals surface area contributed by atoms with Gasteiger partial charge < -0.3 is 4.74 Å². The molecule has 1 aromatic rings. The highest BCUT2D eigenvalue weighted by molar-refractivity contribution is 9.11. The lowest BCUT2D eigenvalue weighted by molar-refractivity contribution is 0.0810. The molecule has 0 aliphatic rings. The molecule has 0 spiro atoms. The molecule has 0 fully saturated rings. The molecule has 0 aliphatic heterocycles. The summed E-state index contributed by atoms with van der Waals surface area (Å²) in [4.78, 5) is 12.2. The molecular formula is C10H11BrO2S. The van der Waals surface area contributed by atoms with E-state index >= 15 is 0 Å². The minimum absolute atomic E-state index is 0.0326. The van der Waals surface area contributed by atoms with Crippen LogP contribution >= 0.6 is 27.3 Å². The second-order valence-corrected chi connectivity index (χ2v) is 5.07. The van der Waals surface area contributed by atoms with Gasteiger partial charge in [-0.3, -0.25) is 4.79 Å². The fraction of sp³-hybridized carbons (Fsp3) is 0.300. The van der Waals surface area contributed by atoms with E-state index in [0.29, 0.717) is 6.61 Å². The number of rotatable bonds is 5. The maximum atomic E-state index is 11.5. The van der Waals surface area contributed by atoms with Crippen LogP contribution in [0.1, 0.15) is 16.6 Å². The first-order valence-electron chi connectivity index (χ1n) is 4.21. The first-order valence-corrected chi connectivity index (χ1v) is 5.82. The van der Waals surface area contributed by atoms with Crippen LogP contribution in [0.3, 0.4) is 0 Å². The van der Waals surface area contributed by atoms with Gasteiger partial charge in [0.25, 0.3) is 0 Å². The molecule has 1 aromatic heterocycles. The van der Waals surface area contributed by atoms with Gasteiger partial charge in [0.15, 0.2) is 5.78 Å². The van der Waals surface area contributed by atoms with Crippen LogP contribution in [-0.4, -0.2) is 19.0 Å². The second kappa shape index (κ2) is 6.11. The monoisotopic (exact) mass is 274 g/mol. The molecule has 1 rings (SSSR count). The Hall–Kier alpha value is -0.450. The normalized spacial score (nSPS) is 11.0. The molecule has 4 heteroatoms. The first kappa shape index (κ1) is 11.6. The number of Topliss-reactive ketones (excluding diaryl/α,β-unsaturated/α-hetero) is 1. The van der Waals surface area contributed by atoms with E-state index in [9.17, 15) is 4.79 Å². The van der Waals surface area contributed by atoms with Gasteiger partial charge in [-0.15, -0.1) is 11.3 Å². The largest absolute Gasteiger partial charge is 0.369 e. The zero-order chi connectivity index (χ0) is 10.4. The molecule has 0 saturated carbocycles. The first-order chi connectivity index (χ1) is 6.74. The smallest absolute Gasteiger partial charge is 0.198 e. The second-order valence-electron chi connectivity index (χ2n) is 2.61. The third-order valence-corrected chi connectivity index (χ3v) is 3.20. The number of hydrogen-bond donors (Lipinski definition) is 0. The average molecular weight is 275 g/mol. The lowest BCUT2D eigenvalue weighted by Gasteiger charge is -1.97. The third kappa shape index (κ3) is 3.74. The molecule has 0 radical (unpaired) electrons. The molecule has 2 nitrogen and oxygen atoms in total. The van der Waals surface area contributed by atoms with E-state index in [4.69, 9.17) is 4.74 Å². The third-order valence-electron chi connectivity index (χ3n) is 1.53. The standard InChI is InChI=1S/C10H11BrO2S/c1-2-3-6-13-7-8(12)9-4-5-10(11)14-9/h2-5H,6-7H2,1H3. The number of ether oxygens (including phenoxy) is 1. The van der Waals surface area contributed by atoms with Crippen LogP contribution in [0.15, 0.2) is 28.1 Å². The minimum Gasteiger partial charge on any atom is -0.369 e. The van der Waals surface area contributed by atoms with Crippen molar-refractivity contribution in [2.45, 2.75) is 6.92 Å². The maximum absolute atomic E-state index is 11.5. The van der Waals surface area contributed by atoms with E-state index in [1.54, 1.807) is 6.07 Å². The van der Waals surface area contributed by atoms with Gasteiger partial charge in [-0.25, -0.2) is 0 Å². The van der Waals surface area contributed by atoms with Crippen LogP contribution < -0.4 is 0 Å². The van der Waals surface area contributed by atoms with Gasteiger partial charge >= 0.3 is 0 Å². The van der Waals surface area contributed by atoms with E-state index in [0.717, 1.165) is 8.66 Å². The van der Waals surface area contributed by atoms with Gasteiger partial charge in [0.1, 0.15) is 6.61 Å². The Balaban J connectivity index is 2.35. The summed E-state index contributed by atoms with van der Waals surface area (Å²) in [6.45, 7) is 2.56. The van der Waals surface area contributed by atoms with Crippen molar-refractivity contribution in [2.75, 3.05) is 13.2 Å². The van der Waals surface area contributed by atoms with Crippen molar-refractivity contribution in [3.05, 3.63) is 32.9 Å². The molecule has 0 N–H and O–H groups in total. The number of halogens is 1. The van der Waals surface area contributed by atoms with E-state index in [2.05, 4.69) is 15.9 Å². The molecule has 0 amide bonds. The highest BCUT2D eigenvalue weighted by Crippen LogP contribution is 2.22. The van der Waals surface area contributed by atoms with Crippen molar-refractivity contribution in [3.8, 4) is 0 Å². The van der Waals surface area contributed by atoms with Gasteiger partial charge in [0.05, 0.1) is 15.3 Å². The van der Waals surface area contributed by atoms with Gasteiger partial charge in [0.2, 0.25) is 0 Å². The van der Waals surface area contributed by atoms with E-state index in [-0.39, 0.29) is 12.4 Å². The van der Waals surface area contributed by atoms with Gasteiger partial charge in [-0.2, -0.15) is 0 Å². The van der Waals surface area contributed by atoms with Crippen LogP contribution in [0.5, 0.6) is 0 Å². The molecule has 76 valence electrons. The van der Waals surface area contributed by atoms with E-state index in [1.165, 1.54) is 11.3 Å². The summed E-state index contributed by atoms with van der Waals surface area (Å²) in [5.74, 6) is 0.0326. The number of hydrogen-bond acceptors (Lipinski definition) is 3. The lowest BCUT2D eigenvalue weighted by Crippen LogP contribution is -2.07. The van der Waals surface area contributed by atoms with Crippen LogP contribution in [-0.2, 0) is 4.74 Å². The molecule has 0 atom stereocenters. The van der Waals surface area contributed by atoms with Crippen LogP contribution in [0.2, 0.25) is 0 Å². The lowest BCUT2D eigenvalue weighted by atomic mass is 10.3. The summed E-state index contributed by atoms with van der Waals surface area (Å²) in [6, 6.07) is 3.67. The Kier molecular flexibility index (Phi) is 5.07. The summed E-state index contributed by atoms with van der Waals surface area (Å²) in [6.07, 6.45) is 3.77. The summed E-state index contributed by atoms with van der Waals surface area (Å²) in [5, 5.41) is 0. The van der Waals surface area contributed by atoms with Crippen molar-refractivity contribution in [3.63, 3.8) is 0 Å². The Labute approximate surface area is 95.7 Å². The van der Waals surface area contributed by atoms with E-state index < -0.39 is 0 Å². The van der Waals surface area contributed by atoms with Gasteiger partial charge in [-0.1, -0.05) is 12.2 Å². The number of thiophene rings is 1. The summed E-state index contributed by atoms with van der Waals surface area (Å²) < 4.78 is 6.12. The summed E-state index contributed by atoms with van der Waals surface area (Å²) in [7, 11) is 0. The predicted octanol–water partition coefficient (Wildman–Crippen LogP) is 3.29. The zero-order valence-corrected chi connectivity index (χ0v) is 10.2.